The predicted molar refractivity (Wildman–Crippen MR) is 64.5 cm³/mol. The van der Waals surface area contributed by atoms with E-state index >= 15 is 0 Å². The van der Waals surface area contributed by atoms with Crippen molar-refractivity contribution in [3.05, 3.63) is 0 Å². The minimum Gasteiger partial charge on any atom is -0.466 e. The van der Waals surface area contributed by atoms with Gasteiger partial charge in [-0.25, -0.2) is 0 Å². The van der Waals surface area contributed by atoms with Crippen molar-refractivity contribution in [2.24, 2.45) is 0 Å². The summed E-state index contributed by atoms with van der Waals surface area (Å²) < 4.78 is 4.75. The maximum absolute atomic E-state index is 11.4. The molecule has 1 N–H and O–H groups in total. The van der Waals surface area contributed by atoms with Gasteiger partial charge in [0.2, 0.25) is 5.91 Å². The normalized spacial score (nSPS) is 14.8. The molecule has 0 bridgehead atoms. The molecule has 0 radical (unpaired) electrons. The van der Waals surface area contributed by atoms with Crippen LogP contribution in [0, 0.1) is 0 Å². The fraction of sp³-hybridized carbons (Fsp3) is 0.833. The number of ether oxygens (including phenoxy) is 1. The van der Waals surface area contributed by atoms with Crippen LogP contribution in [0.3, 0.4) is 0 Å². The number of hydrogen-bond acceptors (Lipinski definition) is 4. The van der Waals surface area contributed by atoms with Crippen LogP contribution in [0.4, 0.5) is 0 Å². The lowest BCUT2D eigenvalue weighted by Gasteiger charge is -2.15. The van der Waals surface area contributed by atoms with E-state index in [0.29, 0.717) is 19.2 Å². The van der Waals surface area contributed by atoms with Gasteiger partial charge in [-0.05, 0) is 26.8 Å². The second-order valence-electron chi connectivity index (χ2n) is 4.37. The lowest BCUT2D eigenvalue weighted by Crippen LogP contribution is -2.34. The Labute approximate surface area is 102 Å². The number of rotatable bonds is 8. The fourth-order valence-electron chi connectivity index (χ4n) is 1.61. The highest BCUT2D eigenvalue weighted by Crippen LogP contribution is 2.24. The number of carbonyl (C=O) groups is 2. The van der Waals surface area contributed by atoms with E-state index in [0.717, 1.165) is 6.54 Å². The van der Waals surface area contributed by atoms with E-state index in [1.807, 2.05) is 0 Å². The summed E-state index contributed by atoms with van der Waals surface area (Å²) in [6.07, 6.45) is 2.92. The van der Waals surface area contributed by atoms with Crippen molar-refractivity contribution in [2.75, 3.05) is 26.7 Å². The van der Waals surface area contributed by atoms with Gasteiger partial charge in [-0.15, -0.1) is 0 Å². The number of nitrogens with zero attached hydrogens (tertiary/aromatic N) is 1. The standard InChI is InChI=1S/C12H22N2O3/c1-3-17-12(16)7-6-11(15)13-8-9-14(2)10-4-5-10/h10H,3-9H2,1-2H3,(H,13,15). The molecule has 0 aromatic rings. The Morgan fingerprint density at radius 3 is 2.65 bits per heavy atom. The summed E-state index contributed by atoms with van der Waals surface area (Å²) in [4.78, 5) is 24.7. The molecule has 0 aromatic carbocycles. The highest BCUT2D eigenvalue weighted by Gasteiger charge is 2.25. The van der Waals surface area contributed by atoms with E-state index in [2.05, 4.69) is 17.3 Å². The lowest BCUT2D eigenvalue weighted by molar-refractivity contribution is -0.144. The van der Waals surface area contributed by atoms with Gasteiger partial charge in [0.1, 0.15) is 0 Å². The van der Waals surface area contributed by atoms with E-state index in [1.165, 1.54) is 12.8 Å². The molecule has 1 amide bonds. The summed E-state index contributed by atoms with van der Waals surface area (Å²) in [5, 5.41) is 2.81. The molecule has 1 rings (SSSR count). The first kappa shape index (κ1) is 14.0. The molecule has 0 aliphatic heterocycles. The van der Waals surface area contributed by atoms with Crippen LogP contribution in [-0.4, -0.2) is 49.6 Å². The van der Waals surface area contributed by atoms with Gasteiger partial charge >= 0.3 is 5.97 Å². The van der Waals surface area contributed by atoms with Gasteiger partial charge in [0.25, 0.3) is 0 Å². The van der Waals surface area contributed by atoms with Crippen LogP contribution in [0.5, 0.6) is 0 Å². The van der Waals surface area contributed by atoms with E-state index in [9.17, 15) is 9.59 Å². The monoisotopic (exact) mass is 242 g/mol. The average molecular weight is 242 g/mol. The third kappa shape index (κ3) is 6.26. The zero-order valence-electron chi connectivity index (χ0n) is 10.7. The Morgan fingerprint density at radius 2 is 2.06 bits per heavy atom. The molecule has 1 aliphatic carbocycles. The molecule has 5 heteroatoms. The van der Waals surface area contributed by atoms with Crippen LogP contribution in [-0.2, 0) is 14.3 Å². The topological polar surface area (TPSA) is 58.6 Å². The molecular formula is C12H22N2O3. The number of likely N-dealkylation sites (N-methyl/N-ethyl adjacent to an activating group) is 1. The quantitative estimate of drug-likeness (QED) is 0.631. The summed E-state index contributed by atoms with van der Waals surface area (Å²) in [7, 11) is 2.07. The Bertz CT molecular complexity index is 264. The summed E-state index contributed by atoms with van der Waals surface area (Å²) in [6.45, 7) is 3.64. The van der Waals surface area contributed by atoms with Crippen molar-refractivity contribution in [1.29, 1.82) is 0 Å². The largest absolute Gasteiger partial charge is 0.466 e. The van der Waals surface area contributed by atoms with Gasteiger partial charge in [-0.1, -0.05) is 0 Å². The molecule has 0 saturated heterocycles. The highest BCUT2D eigenvalue weighted by molar-refractivity contribution is 5.81. The maximum Gasteiger partial charge on any atom is 0.306 e. The number of carbonyl (C=O) groups excluding carboxylic acids is 2. The molecule has 1 fully saturated rings. The van der Waals surface area contributed by atoms with E-state index in [4.69, 9.17) is 4.74 Å². The Kier molecular flexibility index (Phi) is 5.97. The zero-order chi connectivity index (χ0) is 12.7. The first-order valence-electron chi connectivity index (χ1n) is 6.26. The van der Waals surface area contributed by atoms with Crippen LogP contribution in [0.2, 0.25) is 0 Å². The molecule has 5 nitrogen and oxygen atoms in total. The third-order valence-electron chi connectivity index (χ3n) is 2.82. The van der Waals surface area contributed by atoms with Gasteiger partial charge in [0.15, 0.2) is 0 Å². The van der Waals surface area contributed by atoms with Crippen LogP contribution < -0.4 is 5.32 Å². The molecule has 1 saturated carbocycles. The molecule has 17 heavy (non-hydrogen) atoms. The molecule has 98 valence electrons. The summed E-state index contributed by atoms with van der Waals surface area (Å²) in [6, 6.07) is 0.714. The smallest absolute Gasteiger partial charge is 0.306 e. The molecule has 0 atom stereocenters. The fourth-order valence-corrected chi connectivity index (χ4v) is 1.61. The lowest BCUT2D eigenvalue weighted by atomic mass is 10.3. The first-order chi connectivity index (χ1) is 8.13. The third-order valence-corrected chi connectivity index (χ3v) is 2.82. The highest BCUT2D eigenvalue weighted by atomic mass is 16.5. The van der Waals surface area contributed by atoms with Gasteiger partial charge < -0.3 is 15.0 Å². The van der Waals surface area contributed by atoms with Gasteiger partial charge in [0.05, 0.1) is 13.0 Å². The van der Waals surface area contributed by atoms with Crippen LogP contribution in [0.25, 0.3) is 0 Å². The van der Waals surface area contributed by atoms with Gasteiger partial charge in [-0.3, -0.25) is 9.59 Å². The molecule has 1 aliphatic rings. The van der Waals surface area contributed by atoms with E-state index in [1.54, 1.807) is 6.92 Å². The molecule has 0 unspecified atom stereocenters. The minimum atomic E-state index is -0.308. The van der Waals surface area contributed by atoms with Crippen LogP contribution >= 0.6 is 0 Å². The summed E-state index contributed by atoms with van der Waals surface area (Å²) in [5.41, 5.74) is 0. The van der Waals surface area contributed by atoms with Crippen molar-refractivity contribution in [3.63, 3.8) is 0 Å². The van der Waals surface area contributed by atoms with Crippen molar-refractivity contribution in [2.45, 2.75) is 38.6 Å². The zero-order valence-corrected chi connectivity index (χ0v) is 10.7. The molecule has 0 spiro atoms. The molecule has 0 heterocycles. The maximum atomic E-state index is 11.4. The van der Waals surface area contributed by atoms with Crippen LogP contribution in [0.1, 0.15) is 32.6 Å². The second kappa shape index (κ2) is 7.27. The number of esters is 1. The molecular weight excluding hydrogens is 220 g/mol. The SMILES string of the molecule is CCOC(=O)CCC(=O)NCCN(C)C1CC1. The minimum absolute atomic E-state index is 0.0812. The first-order valence-corrected chi connectivity index (χ1v) is 6.26. The number of nitrogens with one attached hydrogen (secondary N) is 1. The molecule has 0 aromatic heterocycles. The van der Waals surface area contributed by atoms with Crippen molar-refractivity contribution in [3.8, 4) is 0 Å². The predicted octanol–water partition coefficient (Wildman–Crippen LogP) is 0.540. The second-order valence-corrected chi connectivity index (χ2v) is 4.37. The van der Waals surface area contributed by atoms with Crippen LogP contribution in [0.15, 0.2) is 0 Å². The van der Waals surface area contributed by atoms with Crippen molar-refractivity contribution in [1.82, 2.24) is 10.2 Å². The van der Waals surface area contributed by atoms with Gasteiger partial charge in [-0.2, -0.15) is 0 Å². The van der Waals surface area contributed by atoms with Crippen molar-refractivity contribution >= 4 is 11.9 Å². The number of amides is 1. The summed E-state index contributed by atoms with van der Waals surface area (Å²) >= 11 is 0. The Balaban J connectivity index is 1.98. The Morgan fingerprint density at radius 1 is 1.35 bits per heavy atom. The van der Waals surface area contributed by atoms with E-state index in [-0.39, 0.29) is 24.7 Å². The van der Waals surface area contributed by atoms with E-state index < -0.39 is 0 Å². The van der Waals surface area contributed by atoms with Crippen molar-refractivity contribution < 1.29 is 14.3 Å². The van der Waals surface area contributed by atoms with Gasteiger partial charge in [0, 0.05) is 25.6 Å². The summed E-state index contributed by atoms with van der Waals surface area (Å²) in [5.74, 6) is -0.389. The Hall–Kier alpha value is -1.10. The number of hydrogen-bond donors (Lipinski definition) is 1. The average Bonchev–Trinajstić information content (AvgIpc) is 3.10.